The lowest BCUT2D eigenvalue weighted by Crippen LogP contribution is -2.42. The highest BCUT2D eigenvalue weighted by molar-refractivity contribution is 6.09. The van der Waals surface area contributed by atoms with Gasteiger partial charge in [0.15, 0.2) is 6.67 Å². The lowest BCUT2D eigenvalue weighted by molar-refractivity contribution is -1.08. The molecule has 0 heterocycles. The number of hydrogen-bond acceptors (Lipinski definition) is 5. The zero-order chi connectivity index (χ0) is 9.61. The van der Waals surface area contributed by atoms with E-state index in [-0.39, 0.29) is 17.0 Å². The fourth-order valence-electron chi connectivity index (χ4n) is 0.251. The Labute approximate surface area is 70.6 Å². The molecule has 6 nitrogen and oxygen atoms in total. The van der Waals surface area contributed by atoms with Crippen LogP contribution in [0.3, 0.4) is 0 Å². The molecule has 0 unspecified atom stereocenters. The molecule has 6 heteroatoms. The molecular weight excluding hydrogens is 158 g/mol. The summed E-state index contributed by atoms with van der Waals surface area (Å²) >= 11 is 0. The Morgan fingerprint density at radius 3 is 2.33 bits per heavy atom. The van der Waals surface area contributed by atoms with Gasteiger partial charge in [-0.05, 0) is 0 Å². The van der Waals surface area contributed by atoms with Crippen molar-refractivity contribution in [2.75, 3.05) is 20.8 Å². The Balaban J connectivity index is 4.25. The van der Waals surface area contributed by atoms with Crippen molar-refractivity contribution >= 4 is 5.71 Å². The summed E-state index contributed by atoms with van der Waals surface area (Å²) < 4.78 is -0.0349. The third-order valence-electron chi connectivity index (χ3n) is 1.00. The van der Waals surface area contributed by atoms with E-state index in [1.165, 1.54) is 0 Å². The highest BCUT2D eigenvalue weighted by Crippen LogP contribution is 1.95. The number of rotatable bonds is 3. The summed E-state index contributed by atoms with van der Waals surface area (Å²) in [6.07, 6.45) is 0. The van der Waals surface area contributed by atoms with Gasteiger partial charge in [0.2, 0.25) is 0 Å². The molecule has 0 aliphatic rings. The van der Waals surface area contributed by atoms with Crippen LogP contribution in [0.15, 0.2) is 5.16 Å². The number of quaternary nitrogens is 1. The number of nitrogens with two attached hydrogens (primary N) is 1. The quantitative estimate of drug-likeness (QED) is 0.261. The van der Waals surface area contributed by atoms with Crippen molar-refractivity contribution in [3.63, 3.8) is 0 Å². The van der Waals surface area contributed by atoms with Crippen LogP contribution in [-0.4, -0.2) is 31.1 Å². The molecule has 0 saturated carbocycles. The summed E-state index contributed by atoms with van der Waals surface area (Å²) in [5, 5.41) is 19.8. The van der Waals surface area contributed by atoms with Gasteiger partial charge < -0.3 is 0 Å². The van der Waals surface area contributed by atoms with Crippen molar-refractivity contribution in [2.45, 2.75) is 0 Å². The molecule has 0 radical (unpaired) electrons. The number of hydroxylamine groups is 3. The smallest absolute Gasteiger partial charge is 0.262 e. The van der Waals surface area contributed by atoms with Crippen LogP contribution in [0.1, 0.15) is 0 Å². The predicted octanol–water partition coefficient (Wildman–Crippen LogP) is -0.686. The summed E-state index contributed by atoms with van der Waals surface area (Å²) in [7, 11) is 3.30. The number of nitrogens with zero attached hydrogens (tertiary/aromatic N) is 4. The Kier molecular flexibility index (Phi) is 3.71. The highest BCUT2D eigenvalue weighted by Gasteiger charge is 2.14. The Bertz CT molecular complexity index is 240. The first kappa shape index (κ1) is 10.4. The number of oxime groups is 1. The van der Waals surface area contributed by atoms with Crippen LogP contribution in [0.5, 0.6) is 0 Å². The monoisotopic (exact) mass is 168 g/mol. The molecule has 0 fully saturated rings. The first-order valence-corrected chi connectivity index (χ1v) is 3.15. The zero-order valence-electron chi connectivity index (χ0n) is 6.98. The fourth-order valence-corrected chi connectivity index (χ4v) is 0.251. The zero-order valence-corrected chi connectivity index (χ0v) is 6.98. The second-order valence-corrected chi connectivity index (χ2v) is 2.50. The number of hydrogen-bond donors (Lipinski definition) is 1. The average Bonchev–Trinajstić information content (AvgIpc) is 2.06. The summed E-state index contributed by atoms with van der Waals surface area (Å²) in [5.41, 5.74) is 4.96. The third-order valence-corrected chi connectivity index (χ3v) is 1.00. The van der Waals surface area contributed by atoms with Crippen molar-refractivity contribution in [1.82, 2.24) is 0 Å². The maximum Gasteiger partial charge on any atom is 0.262 e. The maximum absolute atomic E-state index is 8.27. The first-order valence-electron chi connectivity index (χ1n) is 3.15. The molecule has 0 amide bonds. The van der Waals surface area contributed by atoms with Gasteiger partial charge in [0.1, 0.15) is 26.2 Å². The molecule has 0 spiro atoms. The van der Waals surface area contributed by atoms with E-state index in [1.807, 2.05) is 0 Å². The SMILES string of the molecule is C[N+](C)(CN)ON=C(C#N)C#N. The van der Waals surface area contributed by atoms with E-state index in [9.17, 15) is 0 Å². The fraction of sp³-hybridized carbons (Fsp3) is 0.500. The van der Waals surface area contributed by atoms with Gasteiger partial charge in [0.05, 0.1) is 0 Å². The first-order chi connectivity index (χ1) is 5.55. The van der Waals surface area contributed by atoms with Gasteiger partial charge in [-0.25, -0.2) is 0 Å². The molecule has 0 aliphatic carbocycles. The van der Waals surface area contributed by atoms with Crippen LogP contribution < -0.4 is 5.73 Å². The van der Waals surface area contributed by atoms with Crippen LogP contribution in [0.2, 0.25) is 0 Å². The Hall–Kier alpha value is -1.63. The van der Waals surface area contributed by atoms with E-state index < -0.39 is 0 Å². The minimum atomic E-state index is -0.324. The summed E-state index contributed by atoms with van der Waals surface area (Å²) in [5.74, 6) is 0. The van der Waals surface area contributed by atoms with Crippen molar-refractivity contribution in [1.29, 1.82) is 10.5 Å². The average molecular weight is 168 g/mol. The van der Waals surface area contributed by atoms with Crippen LogP contribution >= 0.6 is 0 Å². The standard InChI is InChI=1S/C6H10N5O/c1-11(2,5-9)12-10-6(3-7)4-8/h5,9H2,1-2H3/q+1. The molecule has 0 atom stereocenters. The molecule has 12 heavy (non-hydrogen) atoms. The molecule has 0 saturated heterocycles. The van der Waals surface area contributed by atoms with Crippen molar-refractivity contribution in [2.24, 2.45) is 10.9 Å². The predicted molar refractivity (Wildman–Crippen MR) is 40.9 cm³/mol. The van der Waals surface area contributed by atoms with Crippen molar-refractivity contribution < 1.29 is 9.58 Å². The van der Waals surface area contributed by atoms with Gasteiger partial charge in [-0.3, -0.25) is 5.73 Å². The van der Waals surface area contributed by atoms with E-state index in [1.54, 1.807) is 26.2 Å². The molecule has 2 N–H and O–H groups in total. The summed E-state index contributed by atoms with van der Waals surface area (Å²) in [6, 6.07) is 3.12. The Morgan fingerprint density at radius 2 is 2.00 bits per heavy atom. The Morgan fingerprint density at radius 1 is 1.50 bits per heavy atom. The lowest BCUT2D eigenvalue weighted by Gasteiger charge is -2.19. The second-order valence-electron chi connectivity index (χ2n) is 2.50. The molecular formula is C6H10N5O+. The minimum absolute atomic E-state index is 0.0349. The van der Waals surface area contributed by atoms with Crippen LogP contribution in [0.4, 0.5) is 0 Å². The van der Waals surface area contributed by atoms with E-state index in [4.69, 9.17) is 21.2 Å². The molecule has 0 aliphatic heterocycles. The highest BCUT2D eigenvalue weighted by atomic mass is 16.8. The van der Waals surface area contributed by atoms with Crippen molar-refractivity contribution in [3.8, 4) is 12.1 Å². The minimum Gasteiger partial charge on any atom is -0.281 e. The second kappa shape index (κ2) is 4.29. The normalized spacial score (nSPS) is 9.42. The van der Waals surface area contributed by atoms with Crippen LogP contribution in [0.25, 0.3) is 0 Å². The van der Waals surface area contributed by atoms with E-state index in [0.29, 0.717) is 0 Å². The molecule has 0 aromatic carbocycles. The van der Waals surface area contributed by atoms with Gasteiger partial charge in [0.25, 0.3) is 5.71 Å². The topological polar surface area (TPSA) is 95.2 Å². The third kappa shape index (κ3) is 3.52. The molecule has 64 valence electrons. The largest absolute Gasteiger partial charge is 0.281 e. The van der Waals surface area contributed by atoms with E-state index in [2.05, 4.69) is 5.16 Å². The van der Waals surface area contributed by atoms with Crippen LogP contribution in [0, 0.1) is 22.7 Å². The molecule has 0 bridgehead atoms. The maximum atomic E-state index is 8.27. The van der Waals surface area contributed by atoms with Gasteiger partial charge in [-0.2, -0.15) is 15.5 Å². The van der Waals surface area contributed by atoms with Gasteiger partial charge in [-0.15, -0.1) is 4.65 Å². The molecule has 0 aromatic rings. The molecule has 0 rings (SSSR count). The summed E-state index contributed by atoms with van der Waals surface area (Å²) in [4.78, 5) is 4.78. The van der Waals surface area contributed by atoms with Crippen LogP contribution in [-0.2, 0) is 4.94 Å². The van der Waals surface area contributed by atoms with Gasteiger partial charge >= 0.3 is 0 Å². The van der Waals surface area contributed by atoms with E-state index >= 15 is 0 Å². The van der Waals surface area contributed by atoms with Crippen molar-refractivity contribution in [3.05, 3.63) is 0 Å². The number of nitriles is 2. The van der Waals surface area contributed by atoms with E-state index in [0.717, 1.165) is 0 Å². The van der Waals surface area contributed by atoms with Gasteiger partial charge in [-0.1, -0.05) is 0 Å². The molecule has 0 aromatic heterocycles. The summed E-state index contributed by atoms with van der Waals surface area (Å²) in [6.45, 7) is 0.202. The lowest BCUT2D eigenvalue weighted by atomic mass is 10.5. The van der Waals surface area contributed by atoms with Gasteiger partial charge in [0, 0.05) is 5.16 Å².